The number of hydrogen-bond acceptors (Lipinski definition) is 3. The first-order chi connectivity index (χ1) is 9.58. The van der Waals surface area contributed by atoms with Gasteiger partial charge in [-0.1, -0.05) is 31.5 Å². The van der Waals surface area contributed by atoms with E-state index in [-0.39, 0.29) is 11.8 Å². The fourth-order valence-corrected chi connectivity index (χ4v) is 3.48. The van der Waals surface area contributed by atoms with Crippen molar-refractivity contribution in [2.45, 2.75) is 36.8 Å². The van der Waals surface area contributed by atoms with E-state index >= 15 is 0 Å². The van der Waals surface area contributed by atoms with Crippen LogP contribution in [0.15, 0.2) is 23.1 Å². The third-order valence-electron chi connectivity index (χ3n) is 3.25. The first-order valence-electron chi connectivity index (χ1n) is 7.04. The monoisotopic (exact) mass is 312 g/mol. The molecule has 1 fully saturated rings. The molecule has 2 N–H and O–H groups in total. The fourth-order valence-electron chi connectivity index (χ4n) is 2.27. The van der Waals surface area contributed by atoms with Gasteiger partial charge in [0.25, 0.3) is 0 Å². The number of hydrogen-bond donors (Lipinski definition) is 2. The molecule has 0 saturated carbocycles. The second-order valence-corrected chi connectivity index (χ2v) is 7.31. The average molecular weight is 313 g/mol. The Bertz CT molecular complexity index is 473. The van der Waals surface area contributed by atoms with Crippen LogP contribution in [0.1, 0.15) is 26.7 Å². The van der Waals surface area contributed by atoms with Crippen molar-refractivity contribution in [3.05, 3.63) is 23.2 Å². The number of amides is 1. The standard InChI is InChI=1S/C15H21ClN2OS/c1-10(2)20-14-12(16)6-3-7-13(14)18-15(19)11-5-4-8-17-9-11/h3,6-7,10-11,17H,4-5,8-9H2,1-2H3,(H,18,19). The summed E-state index contributed by atoms with van der Waals surface area (Å²) < 4.78 is 0. The molecule has 1 atom stereocenters. The highest BCUT2D eigenvalue weighted by molar-refractivity contribution is 8.00. The molecule has 1 amide bonds. The maximum Gasteiger partial charge on any atom is 0.228 e. The Hall–Kier alpha value is -0.710. The van der Waals surface area contributed by atoms with Gasteiger partial charge in [0, 0.05) is 16.7 Å². The number of thioether (sulfide) groups is 1. The maximum atomic E-state index is 12.3. The lowest BCUT2D eigenvalue weighted by molar-refractivity contribution is -0.120. The molecule has 110 valence electrons. The number of benzene rings is 1. The molecule has 0 bridgehead atoms. The van der Waals surface area contributed by atoms with E-state index in [1.54, 1.807) is 11.8 Å². The second kappa shape index (κ2) is 7.34. The molecular formula is C15H21ClN2OS. The Kier molecular flexibility index (Phi) is 5.75. The number of nitrogens with one attached hydrogen (secondary N) is 2. The Balaban J connectivity index is 2.11. The van der Waals surface area contributed by atoms with E-state index in [0.717, 1.165) is 36.5 Å². The molecule has 1 heterocycles. The summed E-state index contributed by atoms with van der Waals surface area (Å²) in [6, 6.07) is 5.66. The van der Waals surface area contributed by atoms with E-state index in [1.807, 2.05) is 18.2 Å². The molecule has 0 spiro atoms. The summed E-state index contributed by atoms with van der Waals surface area (Å²) in [5, 5.41) is 7.43. The molecule has 3 nitrogen and oxygen atoms in total. The zero-order valence-corrected chi connectivity index (χ0v) is 13.5. The van der Waals surface area contributed by atoms with Gasteiger partial charge in [-0.2, -0.15) is 0 Å². The van der Waals surface area contributed by atoms with E-state index in [4.69, 9.17) is 11.6 Å². The van der Waals surface area contributed by atoms with E-state index in [2.05, 4.69) is 24.5 Å². The average Bonchev–Trinajstić information content (AvgIpc) is 2.43. The number of piperidine rings is 1. The molecule has 1 aliphatic rings. The van der Waals surface area contributed by atoms with Crippen molar-refractivity contribution >= 4 is 35.0 Å². The van der Waals surface area contributed by atoms with Crippen LogP contribution in [0, 0.1) is 5.92 Å². The molecule has 0 aliphatic carbocycles. The van der Waals surface area contributed by atoms with Crippen molar-refractivity contribution in [2.75, 3.05) is 18.4 Å². The Labute approximate surface area is 129 Å². The lowest BCUT2D eigenvalue weighted by atomic mass is 9.99. The van der Waals surface area contributed by atoms with E-state index in [0.29, 0.717) is 10.3 Å². The number of rotatable bonds is 4. The topological polar surface area (TPSA) is 41.1 Å². The molecular weight excluding hydrogens is 292 g/mol. The van der Waals surface area contributed by atoms with Crippen molar-refractivity contribution in [3.8, 4) is 0 Å². The maximum absolute atomic E-state index is 12.3. The summed E-state index contributed by atoms with van der Waals surface area (Å²) in [4.78, 5) is 13.3. The van der Waals surface area contributed by atoms with Gasteiger partial charge in [0.05, 0.1) is 16.6 Å². The second-order valence-electron chi connectivity index (χ2n) is 5.32. The van der Waals surface area contributed by atoms with Crippen molar-refractivity contribution < 1.29 is 4.79 Å². The largest absolute Gasteiger partial charge is 0.325 e. The van der Waals surface area contributed by atoms with Crippen molar-refractivity contribution in [1.82, 2.24) is 5.32 Å². The van der Waals surface area contributed by atoms with Crippen molar-refractivity contribution in [2.24, 2.45) is 5.92 Å². The van der Waals surface area contributed by atoms with E-state index in [9.17, 15) is 4.79 Å². The number of carbonyl (C=O) groups is 1. The predicted molar refractivity (Wildman–Crippen MR) is 86.7 cm³/mol. The quantitative estimate of drug-likeness (QED) is 0.831. The van der Waals surface area contributed by atoms with Crippen LogP contribution in [0.4, 0.5) is 5.69 Å². The van der Waals surface area contributed by atoms with E-state index in [1.165, 1.54) is 0 Å². The lowest BCUT2D eigenvalue weighted by Crippen LogP contribution is -2.37. The highest BCUT2D eigenvalue weighted by Gasteiger charge is 2.22. The predicted octanol–water partition coefficient (Wildman–Crippen LogP) is 3.78. The van der Waals surface area contributed by atoms with Gasteiger partial charge < -0.3 is 10.6 Å². The normalized spacial score (nSPS) is 19.1. The number of anilines is 1. The van der Waals surface area contributed by atoms with Crippen molar-refractivity contribution in [1.29, 1.82) is 0 Å². The minimum absolute atomic E-state index is 0.0552. The molecule has 20 heavy (non-hydrogen) atoms. The molecule has 5 heteroatoms. The summed E-state index contributed by atoms with van der Waals surface area (Å²) in [6.45, 7) is 6.00. The summed E-state index contributed by atoms with van der Waals surface area (Å²) in [5.41, 5.74) is 0.826. The number of halogens is 1. The third-order valence-corrected chi connectivity index (χ3v) is 4.82. The van der Waals surface area contributed by atoms with E-state index < -0.39 is 0 Å². The SMILES string of the molecule is CC(C)Sc1c(Cl)cccc1NC(=O)C1CCCNC1. The third kappa shape index (κ3) is 4.14. The van der Waals surface area contributed by atoms with Gasteiger partial charge in [0.15, 0.2) is 0 Å². The van der Waals surface area contributed by atoms with Crippen LogP contribution in [0.3, 0.4) is 0 Å². The van der Waals surface area contributed by atoms with Crippen LogP contribution in [-0.2, 0) is 4.79 Å². The number of carbonyl (C=O) groups excluding carboxylic acids is 1. The summed E-state index contributed by atoms with van der Waals surface area (Å²) in [6.07, 6.45) is 2.01. The van der Waals surface area contributed by atoms with Crippen LogP contribution in [0.5, 0.6) is 0 Å². The van der Waals surface area contributed by atoms with Crippen LogP contribution >= 0.6 is 23.4 Å². The zero-order chi connectivity index (χ0) is 14.5. The fraction of sp³-hybridized carbons (Fsp3) is 0.533. The summed E-state index contributed by atoms with van der Waals surface area (Å²) >= 11 is 7.94. The molecule has 1 unspecified atom stereocenters. The highest BCUT2D eigenvalue weighted by Crippen LogP contribution is 2.36. The summed E-state index contributed by atoms with van der Waals surface area (Å²) in [5.74, 6) is 0.143. The van der Waals surface area contributed by atoms with Crippen molar-refractivity contribution in [3.63, 3.8) is 0 Å². The molecule has 0 radical (unpaired) electrons. The Morgan fingerprint density at radius 2 is 2.30 bits per heavy atom. The molecule has 1 aliphatic heterocycles. The first-order valence-corrected chi connectivity index (χ1v) is 8.30. The Morgan fingerprint density at radius 3 is 2.95 bits per heavy atom. The Morgan fingerprint density at radius 1 is 1.50 bits per heavy atom. The van der Waals surface area contributed by atoms with Crippen LogP contribution < -0.4 is 10.6 Å². The molecule has 1 saturated heterocycles. The van der Waals surface area contributed by atoms with Gasteiger partial charge in [0.1, 0.15) is 0 Å². The van der Waals surface area contributed by atoms with Gasteiger partial charge >= 0.3 is 0 Å². The summed E-state index contributed by atoms with van der Waals surface area (Å²) in [7, 11) is 0. The van der Waals surface area contributed by atoms with Crippen LogP contribution in [0.25, 0.3) is 0 Å². The van der Waals surface area contributed by atoms with Gasteiger partial charge in [-0.3, -0.25) is 4.79 Å². The van der Waals surface area contributed by atoms with Crippen LogP contribution in [0.2, 0.25) is 5.02 Å². The van der Waals surface area contributed by atoms with Crippen LogP contribution in [-0.4, -0.2) is 24.2 Å². The highest BCUT2D eigenvalue weighted by atomic mass is 35.5. The zero-order valence-electron chi connectivity index (χ0n) is 11.9. The smallest absolute Gasteiger partial charge is 0.228 e. The molecule has 1 aromatic carbocycles. The van der Waals surface area contributed by atoms with Gasteiger partial charge in [-0.25, -0.2) is 0 Å². The van der Waals surface area contributed by atoms with Gasteiger partial charge in [0.2, 0.25) is 5.91 Å². The first kappa shape index (κ1) is 15.7. The molecule has 2 rings (SSSR count). The van der Waals surface area contributed by atoms with Gasteiger partial charge in [-0.15, -0.1) is 11.8 Å². The minimum atomic E-state index is 0.0552. The molecule has 1 aromatic rings. The van der Waals surface area contributed by atoms with Gasteiger partial charge in [-0.05, 0) is 31.5 Å². The lowest BCUT2D eigenvalue weighted by Gasteiger charge is -2.23. The molecule has 0 aromatic heterocycles. The minimum Gasteiger partial charge on any atom is -0.325 e.